The van der Waals surface area contributed by atoms with Crippen LogP contribution in [-0.2, 0) is 21.4 Å². The molecule has 0 saturated heterocycles. The van der Waals surface area contributed by atoms with E-state index in [1.54, 1.807) is 37.1 Å². The van der Waals surface area contributed by atoms with Gasteiger partial charge in [0.15, 0.2) is 0 Å². The molecule has 8 heteroatoms. The number of carbonyl (C=O) groups is 1. The number of amides is 1. The van der Waals surface area contributed by atoms with Crippen LogP contribution in [0.15, 0.2) is 59.5 Å². The van der Waals surface area contributed by atoms with Gasteiger partial charge in [0.2, 0.25) is 15.9 Å². The molecule has 0 aliphatic heterocycles. The van der Waals surface area contributed by atoms with E-state index < -0.39 is 16.1 Å². The highest BCUT2D eigenvalue weighted by molar-refractivity contribution is 7.98. The summed E-state index contributed by atoms with van der Waals surface area (Å²) in [6, 6.07) is 14.5. The van der Waals surface area contributed by atoms with Gasteiger partial charge in [-0.2, -0.15) is 16.5 Å². The van der Waals surface area contributed by atoms with Gasteiger partial charge in [-0.25, -0.2) is 8.42 Å². The van der Waals surface area contributed by atoms with Gasteiger partial charge in [0.05, 0.1) is 12.0 Å². The molecule has 0 aliphatic rings. The van der Waals surface area contributed by atoms with Crippen molar-refractivity contribution in [2.75, 3.05) is 19.1 Å². The van der Waals surface area contributed by atoms with Crippen LogP contribution in [0, 0.1) is 0 Å². The molecule has 2 aromatic carbocycles. The molecule has 0 radical (unpaired) electrons. The summed E-state index contributed by atoms with van der Waals surface area (Å²) in [6.45, 7) is 0.311. The number of sulfonamides is 1. The van der Waals surface area contributed by atoms with Gasteiger partial charge in [0.25, 0.3) is 0 Å². The lowest BCUT2D eigenvalue weighted by Gasteiger charge is -2.18. The predicted octanol–water partition coefficient (Wildman–Crippen LogP) is 2.41. The second kappa shape index (κ2) is 10.3. The smallest absolute Gasteiger partial charge is 0.241 e. The molecule has 1 atom stereocenters. The molecule has 2 aromatic rings. The molecule has 1 amide bonds. The minimum absolute atomic E-state index is 0.141. The summed E-state index contributed by atoms with van der Waals surface area (Å²) in [5.41, 5.74) is 0.902. The van der Waals surface area contributed by atoms with Crippen LogP contribution < -0.4 is 14.8 Å². The zero-order valence-corrected chi connectivity index (χ0v) is 17.0. The van der Waals surface area contributed by atoms with Crippen LogP contribution in [0.3, 0.4) is 0 Å². The maximum Gasteiger partial charge on any atom is 0.241 e. The van der Waals surface area contributed by atoms with Crippen LogP contribution in [-0.4, -0.2) is 39.5 Å². The summed E-state index contributed by atoms with van der Waals surface area (Å²) in [6.07, 6.45) is 2.32. The van der Waals surface area contributed by atoms with Crippen molar-refractivity contribution in [1.29, 1.82) is 0 Å². The number of methoxy groups -OCH3 is 1. The lowest BCUT2D eigenvalue weighted by Crippen LogP contribution is -2.46. The molecule has 27 heavy (non-hydrogen) atoms. The first-order chi connectivity index (χ1) is 13.0. The zero-order chi connectivity index (χ0) is 19.7. The molecule has 0 saturated carbocycles. The van der Waals surface area contributed by atoms with Crippen molar-refractivity contribution in [3.05, 3.63) is 60.2 Å². The first-order valence-corrected chi connectivity index (χ1v) is 11.3. The fourth-order valence-electron chi connectivity index (χ4n) is 2.39. The van der Waals surface area contributed by atoms with Gasteiger partial charge in [-0.15, -0.1) is 0 Å². The lowest BCUT2D eigenvalue weighted by molar-refractivity contribution is -0.122. The molecular weight excluding hydrogens is 384 g/mol. The summed E-state index contributed by atoms with van der Waals surface area (Å²) in [7, 11) is -2.17. The maximum absolute atomic E-state index is 12.6. The third-order valence-electron chi connectivity index (χ3n) is 3.90. The summed E-state index contributed by atoms with van der Waals surface area (Å²) < 4.78 is 32.7. The average molecular weight is 409 g/mol. The van der Waals surface area contributed by atoms with E-state index >= 15 is 0 Å². The number of benzene rings is 2. The maximum atomic E-state index is 12.6. The van der Waals surface area contributed by atoms with E-state index in [9.17, 15) is 13.2 Å². The molecule has 6 nitrogen and oxygen atoms in total. The van der Waals surface area contributed by atoms with Crippen molar-refractivity contribution >= 4 is 27.7 Å². The van der Waals surface area contributed by atoms with E-state index in [1.807, 2.05) is 30.5 Å². The van der Waals surface area contributed by atoms with Crippen LogP contribution in [0.5, 0.6) is 5.75 Å². The Morgan fingerprint density at radius 1 is 1.11 bits per heavy atom. The van der Waals surface area contributed by atoms with Crippen LogP contribution in [0.1, 0.15) is 12.0 Å². The molecule has 146 valence electrons. The molecule has 0 bridgehead atoms. The highest BCUT2D eigenvalue weighted by Gasteiger charge is 2.25. The van der Waals surface area contributed by atoms with Crippen LogP contribution in [0.2, 0.25) is 0 Å². The second-order valence-corrected chi connectivity index (χ2v) is 8.53. The van der Waals surface area contributed by atoms with Crippen LogP contribution >= 0.6 is 11.8 Å². The molecular formula is C19H24N2O4S2. The largest absolute Gasteiger partial charge is 0.497 e. The number of hydrogen-bond donors (Lipinski definition) is 2. The number of nitrogens with one attached hydrogen (secondary N) is 2. The van der Waals surface area contributed by atoms with Crippen molar-refractivity contribution in [3.63, 3.8) is 0 Å². The van der Waals surface area contributed by atoms with E-state index in [0.717, 1.165) is 11.3 Å². The average Bonchev–Trinajstić information content (AvgIpc) is 2.70. The summed E-state index contributed by atoms with van der Waals surface area (Å²) in [5.74, 6) is 1.05. The van der Waals surface area contributed by atoms with E-state index in [0.29, 0.717) is 18.7 Å². The van der Waals surface area contributed by atoms with Gasteiger partial charge < -0.3 is 10.1 Å². The number of carbonyl (C=O) groups excluding carboxylic acids is 1. The van der Waals surface area contributed by atoms with Crippen molar-refractivity contribution in [1.82, 2.24) is 10.0 Å². The SMILES string of the molecule is COc1ccc(CNC(=O)C(CCSC)NS(=O)(=O)c2ccccc2)cc1. The minimum Gasteiger partial charge on any atom is -0.497 e. The standard InChI is InChI=1S/C19H24N2O4S2/c1-25-16-10-8-15(9-11-16)14-20-19(22)18(12-13-26-2)21-27(23,24)17-6-4-3-5-7-17/h3-11,18,21H,12-14H2,1-2H3,(H,20,22). The Bertz CT molecular complexity index is 825. The minimum atomic E-state index is -3.76. The molecule has 2 rings (SSSR count). The Labute approximate surface area is 164 Å². The van der Waals surface area contributed by atoms with E-state index in [2.05, 4.69) is 10.0 Å². The van der Waals surface area contributed by atoms with Crippen molar-refractivity contribution < 1.29 is 17.9 Å². The zero-order valence-electron chi connectivity index (χ0n) is 15.3. The Morgan fingerprint density at radius 2 is 1.78 bits per heavy atom. The number of hydrogen-bond acceptors (Lipinski definition) is 5. The quantitative estimate of drug-likeness (QED) is 0.631. The van der Waals surface area contributed by atoms with Gasteiger partial charge in [-0.05, 0) is 48.3 Å². The first-order valence-electron chi connectivity index (χ1n) is 8.43. The molecule has 2 N–H and O–H groups in total. The third kappa shape index (κ3) is 6.57. The van der Waals surface area contributed by atoms with Crippen LogP contribution in [0.4, 0.5) is 0 Å². The number of thioether (sulfide) groups is 1. The Morgan fingerprint density at radius 3 is 2.37 bits per heavy atom. The highest BCUT2D eigenvalue weighted by Crippen LogP contribution is 2.12. The third-order valence-corrected chi connectivity index (χ3v) is 6.04. The van der Waals surface area contributed by atoms with Gasteiger partial charge in [0, 0.05) is 6.54 Å². The molecule has 0 aromatic heterocycles. The Balaban J connectivity index is 2.04. The fourth-order valence-corrected chi connectivity index (χ4v) is 4.11. The summed E-state index contributed by atoms with van der Waals surface area (Å²) in [5, 5.41) is 2.80. The first kappa shape index (κ1) is 21.3. The highest BCUT2D eigenvalue weighted by atomic mass is 32.2. The molecule has 1 unspecified atom stereocenters. The summed E-state index contributed by atoms with van der Waals surface area (Å²) in [4.78, 5) is 12.7. The normalized spacial score (nSPS) is 12.4. The van der Waals surface area contributed by atoms with Crippen LogP contribution in [0.25, 0.3) is 0 Å². The topological polar surface area (TPSA) is 84.5 Å². The van der Waals surface area contributed by atoms with Gasteiger partial charge in [-0.3, -0.25) is 4.79 Å². The van der Waals surface area contributed by atoms with Gasteiger partial charge in [-0.1, -0.05) is 30.3 Å². The molecule has 0 fully saturated rings. The Kier molecular flexibility index (Phi) is 8.15. The number of ether oxygens (including phenoxy) is 1. The monoisotopic (exact) mass is 408 g/mol. The van der Waals surface area contributed by atoms with Crippen molar-refractivity contribution in [2.24, 2.45) is 0 Å². The van der Waals surface area contributed by atoms with Crippen molar-refractivity contribution in [3.8, 4) is 5.75 Å². The number of rotatable bonds is 10. The molecule has 0 aliphatic carbocycles. The Hall–Kier alpha value is -2.03. The van der Waals surface area contributed by atoms with E-state index in [4.69, 9.17) is 4.74 Å². The fraction of sp³-hybridized carbons (Fsp3) is 0.316. The summed E-state index contributed by atoms with van der Waals surface area (Å²) >= 11 is 1.56. The van der Waals surface area contributed by atoms with E-state index in [-0.39, 0.29) is 10.8 Å². The van der Waals surface area contributed by atoms with Gasteiger partial charge in [0.1, 0.15) is 11.8 Å². The van der Waals surface area contributed by atoms with E-state index in [1.165, 1.54) is 12.1 Å². The molecule has 0 spiro atoms. The predicted molar refractivity (Wildman–Crippen MR) is 108 cm³/mol. The van der Waals surface area contributed by atoms with Crippen molar-refractivity contribution in [2.45, 2.75) is 23.9 Å². The van der Waals surface area contributed by atoms with Gasteiger partial charge >= 0.3 is 0 Å². The second-order valence-electron chi connectivity index (χ2n) is 5.83. The lowest BCUT2D eigenvalue weighted by atomic mass is 10.2. The molecule has 0 heterocycles.